The van der Waals surface area contributed by atoms with Crippen LogP contribution in [0.3, 0.4) is 0 Å². The largest absolute Gasteiger partial charge is 0.403 e. The Balaban J connectivity index is 0.00000280. The number of nitrogens with zero attached hydrogens (tertiary/aromatic N) is 4. The Bertz CT molecular complexity index is 750. The van der Waals surface area contributed by atoms with Gasteiger partial charge in [-0.3, -0.25) is 9.89 Å². The van der Waals surface area contributed by atoms with E-state index in [1.165, 1.54) is 11.8 Å². The van der Waals surface area contributed by atoms with Crippen LogP contribution in [0, 0.1) is 0 Å². The van der Waals surface area contributed by atoms with E-state index in [0.29, 0.717) is 45.1 Å². The van der Waals surface area contributed by atoms with Crippen LogP contribution in [0.5, 0.6) is 0 Å². The molecule has 0 amide bonds. The Morgan fingerprint density at radius 2 is 1.93 bits per heavy atom. The molecule has 1 aliphatic rings. The van der Waals surface area contributed by atoms with Crippen molar-refractivity contribution in [3.8, 4) is 0 Å². The highest BCUT2D eigenvalue weighted by Crippen LogP contribution is 2.25. The summed E-state index contributed by atoms with van der Waals surface area (Å²) in [7, 11) is 1.69. The van der Waals surface area contributed by atoms with E-state index in [4.69, 9.17) is 0 Å². The van der Waals surface area contributed by atoms with Gasteiger partial charge in [0.05, 0.1) is 11.0 Å². The number of piperazine rings is 1. The standard InChI is InChI=1S/C18H25F3N6.HI/c1-13(18(19,20)21)26-9-11-27(12-10-26)17(22-2)23-8-7-16-24-14-5-3-4-6-15(14)25-16;/h3-6,13H,7-12H2,1-2H3,(H,22,23)(H,24,25);1H. The second-order valence-corrected chi connectivity index (χ2v) is 6.67. The lowest BCUT2D eigenvalue weighted by Gasteiger charge is -2.39. The number of alkyl halides is 3. The Labute approximate surface area is 179 Å². The molecule has 1 fully saturated rings. The summed E-state index contributed by atoms with van der Waals surface area (Å²) < 4.78 is 38.6. The maximum absolute atomic E-state index is 12.9. The van der Waals surface area contributed by atoms with Crippen LogP contribution in [-0.2, 0) is 6.42 Å². The van der Waals surface area contributed by atoms with Crippen molar-refractivity contribution in [2.45, 2.75) is 25.6 Å². The van der Waals surface area contributed by atoms with Crippen LogP contribution < -0.4 is 5.32 Å². The van der Waals surface area contributed by atoms with Crippen LogP contribution in [0.4, 0.5) is 13.2 Å². The summed E-state index contributed by atoms with van der Waals surface area (Å²) in [6.07, 6.45) is -3.48. The normalized spacial score (nSPS) is 17.5. The number of benzene rings is 1. The minimum absolute atomic E-state index is 0. The fourth-order valence-corrected chi connectivity index (χ4v) is 3.28. The van der Waals surface area contributed by atoms with Gasteiger partial charge in [-0.05, 0) is 19.1 Å². The van der Waals surface area contributed by atoms with Gasteiger partial charge in [-0.2, -0.15) is 13.2 Å². The number of aromatic nitrogens is 2. The zero-order valence-electron chi connectivity index (χ0n) is 16.0. The number of nitrogens with one attached hydrogen (secondary N) is 2. The molecule has 1 aliphatic heterocycles. The van der Waals surface area contributed by atoms with E-state index in [1.807, 2.05) is 29.2 Å². The summed E-state index contributed by atoms with van der Waals surface area (Å²) in [6.45, 7) is 3.63. The lowest BCUT2D eigenvalue weighted by atomic mass is 10.2. The van der Waals surface area contributed by atoms with E-state index in [2.05, 4.69) is 20.3 Å². The summed E-state index contributed by atoms with van der Waals surface area (Å²) >= 11 is 0. The molecule has 1 saturated heterocycles. The summed E-state index contributed by atoms with van der Waals surface area (Å²) in [5.74, 6) is 1.60. The van der Waals surface area contributed by atoms with Gasteiger partial charge in [-0.25, -0.2) is 4.98 Å². The van der Waals surface area contributed by atoms with Gasteiger partial charge < -0.3 is 15.2 Å². The van der Waals surface area contributed by atoms with Crippen molar-refractivity contribution in [3.05, 3.63) is 30.1 Å². The second kappa shape index (κ2) is 9.77. The monoisotopic (exact) mass is 510 g/mol. The summed E-state index contributed by atoms with van der Waals surface area (Å²) in [5.41, 5.74) is 1.94. The molecular formula is C18H26F3IN6. The fourth-order valence-electron chi connectivity index (χ4n) is 3.28. The number of imidazole rings is 1. The second-order valence-electron chi connectivity index (χ2n) is 6.67. The Morgan fingerprint density at radius 3 is 2.54 bits per heavy atom. The molecule has 0 bridgehead atoms. The van der Waals surface area contributed by atoms with Gasteiger partial charge in [0.25, 0.3) is 0 Å². The molecule has 10 heteroatoms. The number of guanidine groups is 1. The first-order valence-electron chi connectivity index (χ1n) is 9.08. The summed E-state index contributed by atoms with van der Waals surface area (Å²) in [4.78, 5) is 15.6. The van der Waals surface area contributed by atoms with E-state index in [-0.39, 0.29) is 24.0 Å². The quantitative estimate of drug-likeness (QED) is 0.378. The number of aromatic amines is 1. The smallest absolute Gasteiger partial charge is 0.356 e. The van der Waals surface area contributed by atoms with Gasteiger partial charge in [0.15, 0.2) is 5.96 Å². The maximum atomic E-state index is 12.9. The third-order valence-electron chi connectivity index (χ3n) is 4.93. The van der Waals surface area contributed by atoms with Crippen LogP contribution >= 0.6 is 24.0 Å². The highest BCUT2D eigenvalue weighted by atomic mass is 127. The van der Waals surface area contributed by atoms with Gasteiger partial charge in [0.2, 0.25) is 0 Å². The van der Waals surface area contributed by atoms with Crippen LogP contribution in [0.25, 0.3) is 11.0 Å². The zero-order valence-corrected chi connectivity index (χ0v) is 18.3. The molecule has 2 heterocycles. The maximum Gasteiger partial charge on any atom is 0.403 e. The van der Waals surface area contributed by atoms with Crippen LogP contribution in [-0.4, -0.2) is 77.7 Å². The molecule has 156 valence electrons. The third kappa shape index (κ3) is 5.49. The number of hydrogen-bond donors (Lipinski definition) is 2. The number of halogens is 4. The van der Waals surface area contributed by atoms with Crippen molar-refractivity contribution < 1.29 is 13.2 Å². The zero-order chi connectivity index (χ0) is 19.4. The Morgan fingerprint density at radius 1 is 1.25 bits per heavy atom. The number of para-hydroxylation sites is 2. The lowest BCUT2D eigenvalue weighted by molar-refractivity contribution is -0.181. The SMILES string of the molecule is CN=C(NCCc1nc2ccccc2[nH]1)N1CCN(C(C)C(F)(F)F)CC1.I. The van der Waals surface area contributed by atoms with Crippen LogP contribution in [0.15, 0.2) is 29.3 Å². The number of rotatable bonds is 4. The van der Waals surface area contributed by atoms with Gasteiger partial charge in [-0.1, -0.05) is 12.1 Å². The van der Waals surface area contributed by atoms with Crippen molar-refractivity contribution in [2.75, 3.05) is 39.8 Å². The first-order valence-corrected chi connectivity index (χ1v) is 9.08. The van der Waals surface area contributed by atoms with Gasteiger partial charge >= 0.3 is 6.18 Å². The minimum atomic E-state index is -4.19. The molecule has 0 aliphatic carbocycles. The third-order valence-corrected chi connectivity index (χ3v) is 4.93. The van der Waals surface area contributed by atoms with E-state index in [0.717, 1.165) is 16.9 Å². The summed E-state index contributed by atoms with van der Waals surface area (Å²) in [6, 6.07) is 6.45. The van der Waals surface area contributed by atoms with Crippen molar-refractivity contribution in [3.63, 3.8) is 0 Å². The van der Waals surface area contributed by atoms with Gasteiger partial charge in [-0.15, -0.1) is 24.0 Å². The van der Waals surface area contributed by atoms with E-state index in [9.17, 15) is 13.2 Å². The molecule has 3 rings (SSSR count). The number of fused-ring (bicyclic) bond motifs is 1. The minimum Gasteiger partial charge on any atom is -0.356 e. The Hall–Kier alpha value is -1.56. The predicted octanol–water partition coefficient (Wildman–Crippen LogP) is 2.87. The Kier molecular flexibility index (Phi) is 7.93. The van der Waals surface area contributed by atoms with E-state index in [1.54, 1.807) is 7.05 Å². The molecular weight excluding hydrogens is 484 g/mol. The molecule has 2 aromatic rings. The molecule has 6 nitrogen and oxygen atoms in total. The first kappa shape index (κ1) is 22.7. The molecule has 1 unspecified atom stereocenters. The van der Waals surface area contributed by atoms with Gasteiger partial charge in [0.1, 0.15) is 11.9 Å². The predicted molar refractivity (Wildman–Crippen MR) is 115 cm³/mol. The van der Waals surface area contributed by atoms with Gasteiger partial charge in [0, 0.05) is 46.2 Å². The number of hydrogen-bond acceptors (Lipinski definition) is 3. The molecule has 0 spiro atoms. The van der Waals surface area contributed by atoms with E-state index >= 15 is 0 Å². The molecule has 1 atom stereocenters. The van der Waals surface area contributed by atoms with Crippen molar-refractivity contribution in [1.29, 1.82) is 0 Å². The summed E-state index contributed by atoms with van der Waals surface area (Å²) in [5, 5.41) is 3.28. The highest BCUT2D eigenvalue weighted by Gasteiger charge is 2.41. The molecule has 0 radical (unpaired) electrons. The highest BCUT2D eigenvalue weighted by molar-refractivity contribution is 14.0. The molecule has 1 aromatic carbocycles. The average molecular weight is 510 g/mol. The van der Waals surface area contributed by atoms with Crippen molar-refractivity contribution >= 4 is 41.0 Å². The molecule has 28 heavy (non-hydrogen) atoms. The topological polar surface area (TPSA) is 59.6 Å². The number of H-pyrrole nitrogens is 1. The van der Waals surface area contributed by atoms with Crippen LogP contribution in [0.1, 0.15) is 12.7 Å². The molecule has 0 saturated carbocycles. The van der Waals surface area contributed by atoms with E-state index < -0.39 is 12.2 Å². The average Bonchev–Trinajstić information content (AvgIpc) is 3.07. The van der Waals surface area contributed by atoms with Crippen molar-refractivity contribution in [2.24, 2.45) is 4.99 Å². The van der Waals surface area contributed by atoms with Crippen molar-refractivity contribution in [1.82, 2.24) is 25.1 Å². The first-order chi connectivity index (χ1) is 12.9. The molecule has 2 N–H and O–H groups in total. The number of aliphatic imine (C=N–C) groups is 1. The lowest BCUT2D eigenvalue weighted by Crippen LogP contribution is -2.56. The van der Waals surface area contributed by atoms with Crippen LogP contribution in [0.2, 0.25) is 0 Å². The fraction of sp³-hybridized carbons (Fsp3) is 0.556. The molecule has 1 aromatic heterocycles.